The lowest BCUT2D eigenvalue weighted by molar-refractivity contribution is -0.117. The summed E-state index contributed by atoms with van der Waals surface area (Å²) in [5.41, 5.74) is 5.60. The summed E-state index contributed by atoms with van der Waals surface area (Å²) in [6, 6.07) is 7.61. The second-order valence-electron chi connectivity index (χ2n) is 7.09. The predicted octanol–water partition coefficient (Wildman–Crippen LogP) is 2.58. The largest absolute Gasteiger partial charge is 0.471 e. The number of nitrogens with zero attached hydrogens (tertiary/aromatic N) is 2. The molecule has 0 aliphatic rings. The van der Waals surface area contributed by atoms with Crippen LogP contribution in [0.2, 0.25) is 5.02 Å². The highest BCUT2D eigenvalue weighted by Gasteiger charge is 2.19. The van der Waals surface area contributed by atoms with Crippen molar-refractivity contribution in [2.24, 2.45) is 5.73 Å². The Kier molecular flexibility index (Phi) is 7.07. The second kappa shape index (κ2) is 9.78. The third-order valence-electron chi connectivity index (χ3n) is 4.68. The minimum Gasteiger partial charge on any atom is -0.471 e. The molecule has 0 atom stereocenters. The van der Waals surface area contributed by atoms with Gasteiger partial charge in [0.1, 0.15) is 24.1 Å². The van der Waals surface area contributed by atoms with Crippen LogP contribution in [0.15, 0.2) is 41.2 Å². The summed E-state index contributed by atoms with van der Waals surface area (Å²) >= 11 is 6.19. The van der Waals surface area contributed by atoms with Crippen LogP contribution >= 0.6 is 11.6 Å². The van der Waals surface area contributed by atoms with Crippen LogP contribution in [-0.4, -0.2) is 27.9 Å². The van der Waals surface area contributed by atoms with E-state index in [9.17, 15) is 23.2 Å². The summed E-state index contributed by atoms with van der Waals surface area (Å²) in [6.07, 6.45) is 0. The monoisotopic (exact) mass is 476 g/mol. The fourth-order valence-electron chi connectivity index (χ4n) is 3.01. The molecule has 3 aromatic rings. The van der Waals surface area contributed by atoms with Gasteiger partial charge in [0.25, 0.3) is 11.5 Å². The van der Waals surface area contributed by atoms with E-state index in [1.54, 1.807) is 13.0 Å². The maximum Gasteiger partial charge on any atom is 0.280 e. The van der Waals surface area contributed by atoms with Gasteiger partial charge in [-0.3, -0.25) is 19.0 Å². The van der Waals surface area contributed by atoms with Crippen molar-refractivity contribution in [2.75, 3.05) is 6.54 Å². The van der Waals surface area contributed by atoms with Crippen LogP contribution in [0.4, 0.5) is 8.78 Å². The average molecular weight is 477 g/mol. The van der Waals surface area contributed by atoms with Crippen LogP contribution in [0, 0.1) is 25.5 Å². The van der Waals surface area contributed by atoms with Gasteiger partial charge in [0.2, 0.25) is 11.8 Å². The fraction of sp³-hybridized carbons (Fsp3) is 0.182. The van der Waals surface area contributed by atoms with E-state index < -0.39 is 29.0 Å². The summed E-state index contributed by atoms with van der Waals surface area (Å²) < 4.78 is 33.5. The van der Waals surface area contributed by atoms with Crippen LogP contribution in [-0.2, 0) is 11.4 Å². The minimum absolute atomic E-state index is 0.0571. The average Bonchev–Trinajstić information content (AvgIpc) is 2.75. The number of aromatic nitrogens is 2. The third-order valence-corrected chi connectivity index (χ3v) is 5.00. The summed E-state index contributed by atoms with van der Waals surface area (Å²) in [4.78, 5) is 40.4. The Bertz CT molecular complexity index is 1310. The molecule has 0 aliphatic carbocycles. The van der Waals surface area contributed by atoms with E-state index in [1.165, 1.54) is 29.7 Å². The molecule has 0 saturated heterocycles. The van der Waals surface area contributed by atoms with E-state index in [0.717, 1.165) is 6.07 Å². The Labute approximate surface area is 192 Å². The number of carbonyl (C=O) groups is 2. The number of nitrogens with two attached hydrogens (primary N) is 1. The number of rotatable bonds is 7. The smallest absolute Gasteiger partial charge is 0.280 e. The number of halogens is 3. The molecule has 2 aromatic carbocycles. The first-order valence-electron chi connectivity index (χ1n) is 9.62. The lowest BCUT2D eigenvalue weighted by Crippen LogP contribution is -2.33. The molecule has 0 radical (unpaired) electrons. The zero-order valence-electron chi connectivity index (χ0n) is 17.6. The van der Waals surface area contributed by atoms with Crippen molar-refractivity contribution < 1.29 is 23.1 Å². The van der Waals surface area contributed by atoms with E-state index in [2.05, 4.69) is 10.3 Å². The molecule has 0 unspecified atom stereocenters. The third kappa shape index (κ3) is 5.35. The predicted molar refractivity (Wildman–Crippen MR) is 117 cm³/mol. The molecule has 0 spiro atoms. The first-order chi connectivity index (χ1) is 15.6. The van der Waals surface area contributed by atoms with Crippen molar-refractivity contribution >= 4 is 23.4 Å². The quantitative estimate of drug-likeness (QED) is 0.543. The van der Waals surface area contributed by atoms with Gasteiger partial charge in [-0.25, -0.2) is 8.78 Å². The van der Waals surface area contributed by atoms with Crippen molar-refractivity contribution in [2.45, 2.75) is 20.5 Å². The molecular formula is C22H19ClF2N4O4. The van der Waals surface area contributed by atoms with Crippen molar-refractivity contribution in [1.82, 2.24) is 14.9 Å². The van der Waals surface area contributed by atoms with E-state index in [4.69, 9.17) is 22.1 Å². The molecule has 0 fully saturated rings. The van der Waals surface area contributed by atoms with Gasteiger partial charge in [0.05, 0.1) is 12.2 Å². The van der Waals surface area contributed by atoms with Crippen molar-refractivity contribution in [3.63, 3.8) is 0 Å². The van der Waals surface area contributed by atoms with Gasteiger partial charge in [-0.2, -0.15) is 4.98 Å². The molecule has 0 bridgehead atoms. The number of hydrogen-bond donors (Lipinski definition) is 2. The lowest BCUT2D eigenvalue weighted by Gasteiger charge is -2.16. The number of primary amides is 1. The van der Waals surface area contributed by atoms with Crippen molar-refractivity contribution in [1.29, 1.82) is 0 Å². The number of nitrogens with one attached hydrogen (secondary N) is 1. The second-order valence-corrected chi connectivity index (χ2v) is 7.47. The Balaban J connectivity index is 1.94. The van der Waals surface area contributed by atoms with Crippen LogP contribution in [0.5, 0.6) is 5.88 Å². The van der Waals surface area contributed by atoms with E-state index in [1.807, 2.05) is 0 Å². The summed E-state index contributed by atoms with van der Waals surface area (Å²) in [5.74, 6) is -2.81. The SMILES string of the molecule is Cc1ccc(C(=O)NCC(N)=O)cc1-n1c(C)nc(OCc2ccc(F)cc2F)c(Cl)c1=O. The molecule has 0 saturated carbocycles. The van der Waals surface area contributed by atoms with Gasteiger partial charge < -0.3 is 15.8 Å². The molecule has 2 amide bonds. The van der Waals surface area contributed by atoms with Gasteiger partial charge in [0.15, 0.2) is 5.02 Å². The van der Waals surface area contributed by atoms with Gasteiger partial charge in [-0.15, -0.1) is 0 Å². The Morgan fingerprint density at radius 2 is 1.91 bits per heavy atom. The van der Waals surface area contributed by atoms with Crippen LogP contribution < -0.4 is 21.3 Å². The molecule has 11 heteroatoms. The van der Waals surface area contributed by atoms with Crippen molar-refractivity contribution in [3.8, 4) is 11.6 Å². The van der Waals surface area contributed by atoms with E-state index in [0.29, 0.717) is 17.3 Å². The van der Waals surface area contributed by atoms with Gasteiger partial charge in [-0.05, 0) is 43.7 Å². The number of hydrogen-bond acceptors (Lipinski definition) is 5. The highest BCUT2D eigenvalue weighted by molar-refractivity contribution is 6.31. The van der Waals surface area contributed by atoms with Gasteiger partial charge >= 0.3 is 0 Å². The Morgan fingerprint density at radius 1 is 1.18 bits per heavy atom. The first kappa shape index (κ1) is 23.9. The highest BCUT2D eigenvalue weighted by Crippen LogP contribution is 2.23. The standard InChI is InChI=1S/C22H19ClF2N4O4/c1-11-3-4-13(20(31)27-9-18(26)30)7-17(11)29-12(2)28-21(19(23)22(29)32)33-10-14-5-6-15(24)8-16(14)25/h3-8H,9-10H2,1-2H3,(H2,26,30)(H,27,31). The molecule has 8 nitrogen and oxygen atoms in total. The van der Waals surface area contributed by atoms with Crippen LogP contribution in [0.25, 0.3) is 5.69 Å². The molecule has 33 heavy (non-hydrogen) atoms. The number of benzene rings is 2. The fourth-order valence-corrected chi connectivity index (χ4v) is 3.19. The molecule has 0 aliphatic heterocycles. The molecule has 3 rings (SSSR count). The highest BCUT2D eigenvalue weighted by atomic mass is 35.5. The summed E-state index contributed by atoms with van der Waals surface area (Å²) in [5, 5.41) is 2.01. The van der Waals surface area contributed by atoms with Gasteiger partial charge in [0, 0.05) is 17.2 Å². The zero-order valence-corrected chi connectivity index (χ0v) is 18.4. The lowest BCUT2D eigenvalue weighted by atomic mass is 10.1. The molecule has 172 valence electrons. The number of amides is 2. The molecule has 1 aromatic heterocycles. The number of aryl methyl sites for hydroxylation is 2. The number of ether oxygens (including phenoxy) is 1. The zero-order chi connectivity index (χ0) is 24.3. The molecule has 1 heterocycles. The molecule has 3 N–H and O–H groups in total. The topological polar surface area (TPSA) is 116 Å². The Hall–Kier alpha value is -3.79. The van der Waals surface area contributed by atoms with Crippen LogP contribution in [0.1, 0.15) is 27.3 Å². The summed E-state index contributed by atoms with van der Waals surface area (Å²) in [6.45, 7) is 2.59. The van der Waals surface area contributed by atoms with Gasteiger partial charge in [-0.1, -0.05) is 17.7 Å². The minimum atomic E-state index is -0.807. The first-order valence-corrected chi connectivity index (χ1v) is 9.99. The van der Waals surface area contributed by atoms with Crippen molar-refractivity contribution in [3.05, 3.63) is 85.9 Å². The Morgan fingerprint density at radius 3 is 2.58 bits per heavy atom. The van der Waals surface area contributed by atoms with Crippen LogP contribution in [0.3, 0.4) is 0 Å². The van der Waals surface area contributed by atoms with E-state index in [-0.39, 0.29) is 41.0 Å². The maximum atomic E-state index is 13.8. The van der Waals surface area contributed by atoms with E-state index >= 15 is 0 Å². The normalized spacial score (nSPS) is 10.7. The summed E-state index contributed by atoms with van der Waals surface area (Å²) in [7, 11) is 0. The number of carbonyl (C=O) groups excluding carboxylic acids is 2. The molecular weight excluding hydrogens is 458 g/mol. The maximum absolute atomic E-state index is 13.8.